The van der Waals surface area contributed by atoms with Crippen molar-refractivity contribution in [1.29, 1.82) is 0 Å². The van der Waals surface area contributed by atoms with E-state index in [9.17, 15) is 0 Å². The minimum Gasteiger partial charge on any atom is -0.493 e. The maximum absolute atomic E-state index is 6.04. The van der Waals surface area contributed by atoms with Crippen LogP contribution in [-0.4, -0.2) is 33.4 Å². The predicted molar refractivity (Wildman–Crippen MR) is 78.1 cm³/mol. The summed E-state index contributed by atoms with van der Waals surface area (Å²) in [4.78, 5) is 1.40. The SMILES string of the molecule is CCC(N)Cc1cccc(OC)c1OCc1nnn(C)n1. The molecule has 21 heavy (non-hydrogen) atoms. The monoisotopic (exact) mass is 291 g/mol. The van der Waals surface area contributed by atoms with Gasteiger partial charge in [-0.3, -0.25) is 0 Å². The lowest BCUT2D eigenvalue weighted by Crippen LogP contribution is -2.21. The van der Waals surface area contributed by atoms with Gasteiger partial charge in [0.05, 0.1) is 14.2 Å². The normalized spacial score (nSPS) is 12.2. The van der Waals surface area contributed by atoms with Crippen LogP contribution < -0.4 is 15.2 Å². The Hall–Kier alpha value is -2.15. The summed E-state index contributed by atoms with van der Waals surface area (Å²) in [5.41, 5.74) is 7.06. The first kappa shape index (κ1) is 15.2. The Bertz CT molecular complexity index is 584. The van der Waals surface area contributed by atoms with Crippen LogP contribution >= 0.6 is 0 Å². The van der Waals surface area contributed by atoms with Crippen LogP contribution in [0.25, 0.3) is 0 Å². The highest BCUT2D eigenvalue weighted by molar-refractivity contribution is 5.47. The molecule has 0 bridgehead atoms. The number of tetrazole rings is 1. The summed E-state index contributed by atoms with van der Waals surface area (Å²) in [5, 5.41) is 11.8. The van der Waals surface area contributed by atoms with Crippen molar-refractivity contribution in [2.24, 2.45) is 12.8 Å². The number of nitrogens with zero attached hydrogens (tertiary/aromatic N) is 4. The van der Waals surface area contributed by atoms with Crippen molar-refractivity contribution in [2.75, 3.05) is 7.11 Å². The molecule has 1 aromatic carbocycles. The second kappa shape index (κ2) is 7.03. The molecule has 0 saturated heterocycles. The van der Waals surface area contributed by atoms with Gasteiger partial charge in [-0.15, -0.1) is 10.2 Å². The smallest absolute Gasteiger partial charge is 0.212 e. The van der Waals surface area contributed by atoms with E-state index in [4.69, 9.17) is 15.2 Å². The van der Waals surface area contributed by atoms with Gasteiger partial charge < -0.3 is 15.2 Å². The minimum atomic E-state index is 0.0918. The molecule has 0 radical (unpaired) electrons. The van der Waals surface area contributed by atoms with Crippen LogP contribution in [-0.2, 0) is 20.1 Å². The number of hydrogen-bond acceptors (Lipinski definition) is 6. The molecule has 1 heterocycles. The molecule has 7 nitrogen and oxygen atoms in total. The number of aryl methyl sites for hydroxylation is 1. The number of para-hydroxylation sites is 1. The summed E-state index contributed by atoms with van der Waals surface area (Å²) >= 11 is 0. The predicted octanol–water partition coefficient (Wildman–Crippen LogP) is 1.08. The van der Waals surface area contributed by atoms with Crippen LogP contribution in [0.2, 0.25) is 0 Å². The molecule has 0 saturated carbocycles. The Labute approximate surface area is 124 Å². The van der Waals surface area contributed by atoms with Crippen LogP contribution in [0.5, 0.6) is 11.5 Å². The average Bonchev–Trinajstić information content (AvgIpc) is 2.91. The lowest BCUT2D eigenvalue weighted by atomic mass is 10.0. The zero-order valence-corrected chi connectivity index (χ0v) is 12.6. The van der Waals surface area contributed by atoms with Crippen molar-refractivity contribution in [3.05, 3.63) is 29.6 Å². The topological polar surface area (TPSA) is 88.1 Å². The van der Waals surface area contributed by atoms with Crippen molar-refractivity contribution in [3.63, 3.8) is 0 Å². The number of benzene rings is 1. The van der Waals surface area contributed by atoms with Gasteiger partial charge in [-0.1, -0.05) is 19.1 Å². The summed E-state index contributed by atoms with van der Waals surface area (Å²) in [6.45, 7) is 2.30. The van der Waals surface area contributed by atoms with Gasteiger partial charge in [-0.2, -0.15) is 4.80 Å². The lowest BCUT2D eigenvalue weighted by Gasteiger charge is -2.16. The molecular formula is C14H21N5O2. The quantitative estimate of drug-likeness (QED) is 0.821. The second-order valence-electron chi connectivity index (χ2n) is 4.80. The molecule has 0 aliphatic carbocycles. The van der Waals surface area contributed by atoms with E-state index in [1.54, 1.807) is 14.2 Å². The zero-order chi connectivity index (χ0) is 15.2. The molecule has 0 aliphatic heterocycles. The molecule has 0 spiro atoms. The van der Waals surface area contributed by atoms with Gasteiger partial charge in [0.1, 0.15) is 0 Å². The van der Waals surface area contributed by atoms with Crippen LogP contribution in [0, 0.1) is 0 Å². The van der Waals surface area contributed by atoms with E-state index in [1.165, 1.54) is 4.80 Å². The van der Waals surface area contributed by atoms with Crippen LogP contribution in [0.15, 0.2) is 18.2 Å². The third-order valence-corrected chi connectivity index (χ3v) is 3.18. The molecule has 1 unspecified atom stereocenters. The Balaban J connectivity index is 2.18. The van der Waals surface area contributed by atoms with Gasteiger partial charge in [0.25, 0.3) is 0 Å². The first-order chi connectivity index (χ1) is 10.1. The van der Waals surface area contributed by atoms with Gasteiger partial charge in [-0.05, 0) is 29.7 Å². The van der Waals surface area contributed by atoms with E-state index < -0.39 is 0 Å². The summed E-state index contributed by atoms with van der Waals surface area (Å²) in [5.74, 6) is 1.89. The van der Waals surface area contributed by atoms with Gasteiger partial charge >= 0.3 is 0 Å². The lowest BCUT2D eigenvalue weighted by molar-refractivity contribution is 0.272. The van der Waals surface area contributed by atoms with Crippen molar-refractivity contribution in [2.45, 2.75) is 32.4 Å². The molecule has 2 N–H and O–H groups in total. The Morgan fingerprint density at radius 3 is 2.81 bits per heavy atom. The number of hydrogen-bond donors (Lipinski definition) is 1. The Morgan fingerprint density at radius 2 is 2.19 bits per heavy atom. The molecule has 0 amide bonds. The number of ether oxygens (including phenoxy) is 2. The van der Waals surface area contributed by atoms with E-state index in [0.29, 0.717) is 17.3 Å². The summed E-state index contributed by atoms with van der Waals surface area (Å²) in [7, 11) is 3.33. The third-order valence-electron chi connectivity index (χ3n) is 3.18. The fourth-order valence-corrected chi connectivity index (χ4v) is 1.99. The van der Waals surface area contributed by atoms with Crippen LogP contribution in [0.3, 0.4) is 0 Å². The Morgan fingerprint density at radius 1 is 1.38 bits per heavy atom. The van der Waals surface area contributed by atoms with Crippen molar-refractivity contribution in [3.8, 4) is 11.5 Å². The number of methoxy groups -OCH3 is 1. The maximum Gasteiger partial charge on any atom is 0.212 e. The Kier molecular flexibility index (Phi) is 5.10. The highest BCUT2D eigenvalue weighted by atomic mass is 16.5. The molecule has 2 rings (SSSR count). The van der Waals surface area contributed by atoms with Crippen molar-refractivity contribution < 1.29 is 9.47 Å². The highest BCUT2D eigenvalue weighted by Gasteiger charge is 2.14. The fourth-order valence-electron chi connectivity index (χ4n) is 1.99. The first-order valence-electron chi connectivity index (χ1n) is 6.91. The van der Waals surface area contributed by atoms with Crippen LogP contribution in [0.1, 0.15) is 24.7 Å². The number of aromatic nitrogens is 4. The molecule has 0 fully saturated rings. The molecular weight excluding hydrogens is 270 g/mol. The summed E-state index contributed by atoms with van der Waals surface area (Å²) in [6.07, 6.45) is 1.64. The van der Waals surface area contributed by atoms with E-state index in [1.807, 2.05) is 18.2 Å². The van der Waals surface area contributed by atoms with E-state index in [0.717, 1.165) is 18.4 Å². The van der Waals surface area contributed by atoms with E-state index in [2.05, 4.69) is 22.3 Å². The van der Waals surface area contributed by atoms with Crippen LogP contribution in [0.4, 0.5) is 0 Å². The van der Waals surface area contributed by atoms with Crippen molar-refractivity contribution >= 4 is 0 Å². The standard InChI is InChI=1S/C14H21N5O2/c1-4-11(15)8-10-6-5-7-12(20-3)14(10)21-9-13-16-18-19(2)17-13/h5-7,11H,4,8-9,15H2,1-3H3. The average molecular weight is 291 g/mol. The number of nitrogens with two attached hydrogens (primary N) is 1. The first-order valence-corrected chi connectivity index (χ1v) is 6.91. The summed E-state index contributed by atoms with van der Waals surface area (Å²) < 4.78 is 11.2. The van der Waals surface area contributed by atoms with Gasteiger partial charge in [0, 0.05) is 6.04 Å². The largest absolute Gasteiger partial charge is 0.493 e. The molecule has 1 aromatic heterocycles. The molecule has 2 aromatic rings. The van der Waals surface area contributed by atoms with Gasteiger partial charge in [0.15, 0.2) is 18.1 Å². The molecule has 114 valence electrons. The molecule has 1 atom stereocenters. The number of rotatable bonds is 7. The highest BCUT2D eigenvalue weighted by Crippen LogP contribution is 2.32. The van der Waals surface area contributed by atoms with E-state index in [-0.39, 0.29) is 12.6 Å². The van der Waals surface area contributed by atoms with Crippen molar-refractivity contribution in [1.82, 2.24) is 20.2 Å². The minimum absolute atomic E-state index is 0.0918. The summed E-state index contributed by atoms with van der Waals surface area (Å²) in [6, 6.07) is 5.89. The second-order valence-corrected chi connectivity index (χ2v) is 4.80. The van der Waals surface area contributed by atoms with E-state index >= 15 is 0 Å². The fraction of sp³-hybridized carbons (Fsp3) is 0.500. The molecule has 7 heteroatoms. The third kappa shape index (κ3) is 3.91. The molecule has 0 aliphatic rings. The van der Waals surface area contributed by atoms with Gasteiger partial charge in [0.2, 0.25) is 5.82 Å². The maximum atomic E-state index is 6.04. The van der Waals surface area contributed by atoms with Gasteiger partial charge in [-0.25, -0.2) is 0 Å². The zero-order valence-electron chi connectivity index (χ0n) is 12.6.